The maximum atomic E-state index is 13.7. The van der Waals surface area contributed by atoms with Crippen molar-refractivity contribution >= 4 is 35.1 Å². The van der Waals surface area contributed by atoms with Crippen molar-refractivity contribution in [1.82, 2.24) is 10.2 Å². The van der Waals surface area contributed by atoms with E-state index in [1.807, 2.05) is 45.9 Å². The van der Waals surface area contributed by atoms with Gasteiger partial charge in [-0.3, -0.25) is 14.4 Å². The molecule has 8 heteroatoms. The van der Waals surface area contributed by atoms with Gasteiger partial charge >= 0.3 is 6.03 Å². The van der Waals surface area contributed by atoms with Crippen LogP contribution in [0.2, 0.25) is 0 Å². The summed E-state index contributed by atoms with van der Waals surface area (Å²) >= 11 is 0. The molecule has 2 unspecified atom stereocenters. The summed E-state index contributed by atoms with van der Waals surface area (Å²) in [6.45, 7) is 7.57. The van der Waals surface area contributed by atoms with Crippen LogP contribution in [0.1, 0.15) is 56.2 Å². The van der Waals surface area contributed by atoms with Crippen LogP contribution in [0.15, 0.2) is 42.5 Å². The summed E-state index contributed by atoms with van der Waals surface area (Å²) in [6.07, 6.45) is 3.45. The molecule has 0 aromatic heterocycles. The fourth-order valence-corrected chi connectivity index (χ4v) is 5.26. The zero-order valence-corrected chi connectivity index (χ0v) is 22.0. The second-order valence-corrected chi connectivity index (χ2v) is 10.5. The number of carbonyl (C=O) groups is 4. The molecule has 196 valence electrons. The quantitative estimate of drug-likeness (QED) is 0.586. The van der Waals surface area contributed by atoms with E-state index in [1.165, 1.54) is 4.90 Å². The minimum absolute atomic E-state index is 0.0526. The number of rotatable bonds is 7. The van der Waals surface area contributed by atoms with E-state index >= 15 is 0 Å². The van der Waals surface area contributed by atoms with Gasteiger partial charge in [-0.25, -0.2) is 9.69 Å². The lowest BCUT2D eigenvalue weighted by atomic mass is 9.81. The highest BCUT2D eigenvalue weighted by molar-refractivity contribution is 6.17. The zero-order valence-electron chi connectivity index (χ0n) is 22.0. The van der Waals surface area contributed by atoms with Gasteiger partial charge in [0.2, 0.25) is 17.7 Å². The van der Waals surface area contributed by atoms with Crippen molar-refractivity contribution in [3.8, 4) is 0 Å². The van der Waals surface area contributed by atoms with E-state index in [2.05, 4.69) is 10.6 Å². The topological polar surface area (TPSA) is 98.8 Å². The molecule has 2 aliphatic rings. The fourth-order valence-electron chi connectivity index (χ4n) is 5.26. The van der Waals surface area contributed by atoms with Gasteiger partial charge in [-0.15, -0.1) is 0 Å². The SMILES string of the molecule is Cc1ccc(C)c(NC(=O)CN2C(=O)N(c3ccc(CC(=O)NC(C)C)cc3)C(=O)C3CCCCC32)c1. The molecule has 8 nitrogen and oxygen atoms in total. The number of benzene rings is 2. The van der Waals surface area contributed by atoms with Crippen LogP contribution in [-0.2, 0) is 20.8 Å². The van der Waals surface area contributed by atoms with E-state index in [4.69, 9.17) is 0 Å². The molecule has 1 aliphatic carbocycles. The normalized spacial score (nSPS) is 19.6. The summed E-state index contributed by atoms with van der Waals surface area (Å²) < 4.78 is 0. The molecule has 0 radical (unpaired) electrons. The third-order valence-electron chi connectivity index (χ3n) is 7.09. The van der Waals surface area contributed by atoms with Crippen LogP contribution >= 0.6 is 0 Å². The molecule has 1 saturated heterocycles. The predicted molar refractivity (Wildman–Crippen MR) is 143 cm³/mol. The van der Waals surface area contributed by atoms with E-state index in [0.29, 0.717) is 18.5 Å². The third-order valence-corrected chi connectivity index (χ3v) is 7.09. The Balaban J connectivity index is 1.54. The average molecular weight is 505 g/mol. The highest BCUT2D eigenvalue weighted by atomic mass is 16.2. The number of nitrogens with zero attached hydrogens (tertiary/aromatic N) is 2. The van der Waals surface area contributed by atoms with E-state index in [1.54, 1.807) is 29.2 Å². The maximum Gasteiger partial charge on any atom is 0.332 e. The molecule has 2 N–H and O–H groups in total. The first-order valence-corrected chi connectivity index (χ1v) is 13.0. The molecule has 2 fully saturated rings. The lowest BCUT2D eigenvalue weighted by Crippen LogP contribution is -2.64. The first-order chi connectivity index (χ1) is 17.6. The van der Waals surface area contributed by atoms with E-state index < -0.39 is 6.03 Å². The number of imide groups is 1. The summed E-state index contributed by atoms with van der Waals surface area (Å²) in [6, 6.07) is 12.1. The van der Waals surface area contributed by atoms with Gasteiger partial charge in [-0.05, 0) is 75.4 Å². The summed E-state index contributed by atoms with van der Waals surface area (Å²) in [4.78, 5) is 55.1. The largest absolute Gasteiger partial charge is 0.354 e. The third kappa shape index (κ3) is 6.01. The number of fused-ring (bicyclic) bond motifs is 1. The Morgan fingerprint density at radius 1 is 0.973 bits per heavy atom. The minimum atomic E-state index is -0.477. The molecular weight excluding hydrogens is 468 g/mol. The molecule has 37 heavy (non-hydrogen) atoms. The first kappa shape index (κ1) is 26.4. The standard InChI is InChI=1S/C29H36N4O4/c1-18(2)30-26(34)16-21-11-13-22(14-12-21)33-28(36)23-7-5-6-8-25(23)32(29(33)37)17-27(35)31-24-15-19(3)9-10-20(24)4/h9-15,18,23,25H,5-8,16-17H2,1-4H3,(H,30,34)(H,31,35). The Bertz CT molecular complexity index is 1190. The maximum absolute atomic E-state index is 13.7. The number of hydrogen-bond donors (Lipinski definition) is 2. The van der Waals surface area contributed by atoms with Crippen LogP contribution in [0.5, 0.6) is 0 Å². The van der Waals surface area contributed by atoms with Crippen LogP contribution < -0.4 is 15.5 Å². The number of anilines is 2. The number of nitrogens with one attached hydrogen (secondary N) is 2. The van der Waals surface area contributed by atoms with Gasteiger partial charge in [0.1, 0.15) is 6.54 Å². The number of aryl methyl sites for hydroxylation is 2. The summed E-state index contributed by atoms with van der Waals surface area (Å²) in [5, 5.41) is 5.81. The molecule has 2 atom stereocenters. The Morgan fingerprint density at radius 2 is 1.68 bits per heavy atom. The van der Waals surface area contributed by atoms with Gasteiger partial charge in [0.05, 0.1) is 18.0 Å². The van der Waals surface area contributed by atoms with Crippen LogP contribution in [0.4, 0.5) is 16.2 Å². The minimum Gasteiger partial charge on any atom is -0.354 e. The number of amides is 5. The molecular formula is C29H36N4O4. The molecule has 5 amide bonds. The molecule has 1 heterocycles. The van der Waals surface area contributed by atoms with Crippen molar-refractivity contribution < 1.29 is 19.2 Å². The Morgan fingerprint density at radius 3 is 2.38 bits per heavy atom. The van der Waals surface area contributed by atoms with Crippen LogP contribution in [-0.4, -0.2) is 47.3 Å². The smallest absolute Gasteiger partial charge is 0.332 e. The van der Waals surface area contributed by atoms with Crippen LogP contribution in [0.25, 0.3) is 0 Å². The number of hydrogen-bond acceptors (Lipinski definition) is 4. The van der Waals surface area contributed by atoms with Crippen molar-refractivity contribution in [2.75, 3.05) is 16.8 Å². The van der Waals surface area contributed by atoms with Crippen molar-refractivity contribution in [1.29, 1.82) is 0 Å². The van der Waals surface area contributed by atoms with E-state index in [0.717, 1.165) is 35.2 Å². The first-order valence-electron chi connectivity index (χ1n) is 13.0. The Labute approximate surface area is 218 Å². The highest BCUT2D eigenvalue weighted by Gasteiger charge is 2.48. The van der Waals surface area contributed by atoms with E-state index in [9.17, 15) is 19.2 Å². The average Bonchev–Trinajstić information content (AvgIpc) is 2.84. The lowest BCUT2D eigenvalue weighted by molar-refractivity contribution is -0.128. The van der Waals surface area contributed by atoms with Gasteiger partial charge in [0.15, 0.2) is 0 Å². The van der Waals surface area contributed by atoms with Gasteiger partial charge in [-0.2, -0.15) is 0 Å². The molecule has 1 saturated carbocycles. The summed E-state index contributed by atoms with van der Waals surface area (Å²) in [7, 11) is 0. The van der Waals surface area contributed by atoms with Crippen molar-refractivity contribution in [3.05, 3.63) is 59.2 Å². The van der Waals surface area contributed by atoms with Crippen LogP contribution in [0, 0.1) is 19.8 Å². The Hall–Kier alpha value is -3.68. The van der Waals surface area contributed by atoms with Gasteiger partial charge in [0, 0.05) is 17.8 Å². The predicted octanol–water partition coefficient (Wildman–Crippen LogP) is 4.34. The Kier molecular flexibility index (Phi) is 7.95. The number of urea groups is 1. The van der Waals surface area contributed by atoms with E-state index in [-0.39, 0.29) is 48.7 Å². The molecule has 0 spiro atoms. The van der Waals surface area contributed by atoms with Crippen molar-refractivity contribution in [3.63, 3.8) is 0 Å². The molecule has 0 bridgehead atoms. The highest BCUT2D eigenvalue weighted by Crippen LogP contribution is 2.36. The van der Waals surface area contributed by atoms with Gasteiger partial charge in [-0.1, -0.05) is 37.1 Å². The second kappa shape index (κ2) is 11.2. The molecule has 2 aromatic carbocycles. The molecule has 1 aliphatic heterocycles. The van der Waals surface area contributed by atoms with Gasteiger partial charge < -0.3 is 15.5 Å². The van der Waals surface area contributed by atoms with Crippen molar-refractivity contribution in [2.45, 2.75) is 71.9 Å². The lowest BCUT2D eigenvalue weighted by Gasteiger charge is -2.46. The van der Waals surface area contributed by atoms with Crippen molar-refractivity contribution in [2.24, 2.45) is 5.92 Å². The molecule has 2 aromatic rings. The second-order valence-electron chi connectivity index (χ2n) is 10.5. The monoisotopic (exact) mass is 504 g/mol. The number of carbonyl (C=O) groups excluding carboxylic acids is 4. The summed E-state index contributed by atoms with van der Waals surface area (Å²) in [5.74, 6) is -0.922. The van der Waals surface area contributed by atoms with Crippen LogP contribution in [0.3, 0.4) is 0 Å². The molecule has 4 rings (SSSR count). The zero-order chi connectivity index (χ0) is 26.7. The fraction of sp³-hybridized carbons (Fsp3) is 0.448. The summed E-state index contributed by atoms with van der Waals surface area (Å²) in [5.41, 5.74) is 3.94. The van der Waals surface area contributed by atoms with Gasteiger partial charge in [0.25, 0.3) is 0 Å².